The first-order valence-electron chi connectivity index (χ1n) is 8.29. The van der Waals surface area contributed by atoms with Gasteiger partial charge in [-0.1, -0.05) is 6.92 Å². The van der Waals surface area contributed by atoms with Gasteiger partial charge < -0.3 is 4.90 Å². The van der Waals surface area contributed by atoms with E-state index in [1.165, 1.54) is 5.69 Å². The smallest absolute Gasteiger partial charge is 0.274 e. The molecular formula is C16H26N4O. The number of likely N-dealkylation sites (tertiary alicyclic amines) is 1. The summed E-state index contributed by atoms with van der Waals surface area (Å²) in [5.74, 6) is 0.114. The normalized spacial score (nSPS) is 21.1. The summed E-state index contributed by atoms with van der Waals surface area (Å²) in [6.07, 6.45) is 4.52. The van der Waals surface area contributed by atoms with Crippen LogP contribution < -0.4 is 0 Å². The zero-order valence-electron chi connectivity index (χ0n) is 13.2. The van der Waals surface area contributed by atoms with Crippen LogP contribution in [0.2, 0.25) is 0 Å². The number of carbonyl (C=O) groups is 1. The SMILES string of the molecule is CCC(C)N1CCCn2nc(C(=O)N3CCCC3)cc2C1. The van der Waals surface area contributed by atoms with Crippen LogP contribution in [0.1, 0.15) is 55.7 Å². The van der Waals surface area contributed by atoms with Crippen molar-refractivity contribution in [2.24, 2.45) is 0 Å². The molecule has 0 N–H and O–H groups in total. The third-order valence-corrected chi connectivity index (χ3v) is 4.87. The van der Waals surface area contributed by atoms with Gasteiger partial charge in [0.1, 0.15) is 0 Å². The van der Waals surface area contributed by atoms with E-state index in [2.05, 4.69) is 23.8 Å². The Balaban J connectivity index is 1.77. The number of rotatable bonds is 3. The Morgan fingerprint density at radius 1 is 1.24 bits per heavy atom. The molecule has 2 aliphatic heterocycles. The van der Waals surface area contributed by atoms with Crippen LogP contribution in [-0.2, 0) is 13.1 Å². The molecule has 3 rings (SSSR count). The number of carbonyl (C=O) groups excluding carboxylic acids is 1. The first kappa shape index (κ1) is 14.6. The van der Waals surface area contributed by atoms with Crippen LogP contribution in [-0.4, -0.2) is 51.2 Å². The number of fused-ring (bicyclic) bond motifs is 1. The molecule has 0 bridgehead atoms. The molecule has 116 valence electrons. The van der Waals surface area contributed by atoms with Gasteiger partial charge in [-0.25, -0.2) is 0 Å². The van der Waals surface area contributed by atoms with E-state index >= 15 is 0 Å². The molecular weight excluding hydrogens is 264 g/mol. The fourth-order valence-electron chi connectivity index (χ4n) is 3.31. The van der Waals surface area contributed by atoms with Crippen LogP contribution in [0.15, 0.2) is 6.07 Å². The number of aromatic nitrogens is 2. The van der Waals surface area contributed by atoms with Crippen LogP contribution in [0.4, 0.5) is 0 Å². The predicted molar refractivity (Wildman–Crippen MR) is 82.1 cm³/mol. The van der Waals surface area contributed by atoms with E-state index in [1.807, 2.05) is 15.6 Å². The van der Waals surface area contributed by atoms with Crippen LogP contribution in [0, 0.1) is 0 Å². The molecule has 0 saturated carbocycles. The zero-order chi connectivity index (χ0) is 14.8. The van der Waals surface area contributed by atoms with Gasteiger partial charge in [-0.3, -0.25) is 14.4 Å². The Labute approximate surface area is 126 Å². The highest BCUT2D eigenvalue weighted by atomic mass is 16.2. The Morgan fingerprint density at radius 3 is 2.71 bits per heavy atom. The fourth-order valence-corrected chi connectivity index (χ4v) is 3.31. The van der Waals surface area contributed by atoms with Gasteiger partial charge in [0.05, 0.1) is 5.69 Å². The third-order valence-electron chi connectivity index (χ3n) is 4.87. The first-order chi connectivity index (χ1) is 10.2. The summed E-state index contributed by atoms with van der Waals surface area (Å²) in [5, 5.41) is 4.57. The highest BCUT2D eigenvalue weighted by Gasteiger charge is 2.25. The van der Waals surface area contributed by atoms with Gasteiger partial charge in [0.25, 0.3) is 5.91 Å². The number of aryl methyl sites for hydroxylation is 1. The lowest BCUT2D eigenvalue weighted by Crippen LogP contribution is -2.32. The quantitative estimate of drug-likeness (QED) is 0.856. The molecule has 5 heteroatoms. The van der Waals surface area contributed by atoms with Crippen LogP contribution in [0.5, 0.6) is 0 Å². The molecule has 1 saturated heterocycles. The van der Waals surface area contributed by atoms with Gasteiger partial charge in [-0.05, 0) is 38.7 Å². The second kappa shape index (κ2) is 6.18. The maximum atomic E-state index is 12.5. The second-order valence-electron chi connectivity index (χ2n) is 6.32. The van der Waals surface area contributed by atoms with E-state index in [0.29, 0.717) is 11.7 Å². The lowest BCUT2D eigenvalue weighted by Gasteiger charge is -2.26. The Kier molecular flexibility index (Phi) is 4.29. The minimum absolute atomic E-state index is 0.114. The molecule has 5 nitrogen and oxygen atoms in total. The summed E-state index contributed by atoms with van der Waals surface area (Å²) in [6.45, 7) is 9.25. The summed E-state index contributed by atoms with van der Waals surface area (Å²) >= 11 is 0. The molecule has 1 aromatic rings. The number of hydrogen-bond acceptors (Lipinski definition) is 3. The predicted octanol–water partition coefficient (Wildman–Crippen LogP) is 2.12. The third kappa shape index (κ3) is 2.98. The molecule has 21 heavy (non-hydrogen) atoms. The highest BCUT2D eigenvalue weighted by molar-refractivity contribution is 5.92. The van der Waals surface area contributed by atoms with Gasteiger partial charge in [0, 0.05) is 38.8 Å². The van der Waals surface area contributed by atoms with E-state index in [0.717, 1.165) is 58.4 Å². The maximum Gasteiger partial charge on any atom is 0.274 e. The second-order valence-corrected chi connectivity index (χ2v) is 6.32. The molecule has 2 aliphatic rings. The fraction of sp³-hybridized carbons (Fsp3) is 0.750. The molecule has 0 radical (unpaired) electrons. The van der Waals surface area contributed by atoms with Gasteiger partial charge in [0.15, 0.2) is 5.69 Å². The van der Waals surface area contributed by atoms with Crippen molar-refractivity contribution in [3.05, 3.63) is 17.5 Å². The van der Waals surface area contributed by atoms with Crippen molar-refractivity contribution in [3.63, 3.8) is 0 Å². The molecule has 1 atom stereocenters. The van der Waals surface area contributed by atoms with Gasteiger partial charge in [-0.2, -0.15) is 5.10 Å². The maximum absolute atomic E-state index is 12.5. The lowest BCUT2D eigenvalue weighted by molar-refractivity contribution is 0.0786. The summed E-state index contributed by atoms with van der Waals surface area (Å²) in [7, 11) is 0. The topological polar surface area (TPSA) is 41.4 Å². The molecule has 0 aliphatic carbocycles. The lowest BCUT2D eigenvalue weighted by atomic mass is 10.2. The summed E-state index contributed by atoms with van der Waals surface area (Å²) < 4.78 is 2.05. The van der Waals surface area contributed by atoms with E-state index in [1.54, 1.807) is 0 Å². The Morgan fingerprint density at radius 2 is 2.00 bits per heavy atom. The molecule has 3 heterocycles. The van der Waals surface area contributed by atoms with Crippen LogP contribution in [0.25, 0.3) is 0 Å². The Bertz CT molecular complexity index is 504. The summed E-state index contributed by atoms with van der Waals surface area (Å²) in [5.41, 5.74) is 1.83. The standard InChI is InChI=1S/C16H26N4O/c1-3-13(2)19-9-6-10-20-14(12-19)11-15(17-20)16(21)18-7-4-5-8-18/h11,13H,3-10,12H2,1-2H3. The highest BCUT2D eigenvalue weighted by Crippen LogP contribution is 2.19. The molecule has 0 spiro atoms. The monoisotopic (exact) mass is 290 g/mol. The summed E-state index contributed by atoms with van der Waals surface area (Å²) in [4.78, 5) is 16.9. The van der Waals surface area contributed by atoms with Gasteiger partial charge in [0.2, 0.25) is 0 Å². The molecule has 1 aromatic heterocycles. The van der Waals surface area contributed by atoms with Crippen molar-refractivity contribution in [3.8, 4) is 0 Å². The van der Waals surface area contributed by atoms with Crippen molar-refractivity contribution in [1.82, 2.24) is 19.6 Å². The molecule has 1 fully saturated rings. The molecule has 1 amide bonds. The number of hydrogen-bond donors (Lipinski definition) is 0. The molecule has 0 aromatic carbocycles. The number of amides is 1. The van der Waals surface area contributed by atoms with Gasteiger partial charge in [-0.15, -0.1) is 0 Å². The molecule has 1 unspecified atom stereocenters. The van der Waals surface area contributed by atoms with E-state index in [-0.39, 0.29) is 5.91 Å². The Hall–Kier alpha value is -1.36. The van der Waals surface area contributed by atoms with Crippen molar-refractivity contribution < 1.29 is 4.79 Å². The van der Waals surface area contributed by atoms with E-state index < -0.39 is 0 Å². The van der Waals surface area contributed by atoms with Gasteiger partial charge >= 0.3 is 0 Å². The average Bonchev–Trinajstić information content (AvgIpc) is 3.12. The minimum atomic E-state index is 0.114. The largest absolute Gasteiger partial charge is 0.337 e. The first-order valence-corrected chi connectivity index (χ1v) is 8.29. The van der Waals surface area contributed by atoms with Crippen molar-refractivity contribution >= 4 is 5.91 Å². The van der Waals surface area contributed by atoms with Crippen LogP contribution in [0.3, 0.4) is 0 Å². The van der Waals surface area contributed by atoms with Crippen LogP contribution >= 0.6 is 0 Å². The summed E-state index contributed by atoms with van der Waals surface area (Å²) in [6, 6.07) is 2.60. The van der Waals surface area contributed by atoms with Crippen molar-refractivity contribution in [2.75, 3.05) is 19.6 Å². The minimum Gasteiger partial charge on any atom is -0.337 e. The van der Waals surface area contributed by atoms with Crippen molar-refractivity contribution in [1.29, 1.82) is 0 Å². The van der Waals surface area contributed by atoms with E-state index in [9.17, 15) is 4.79 Å². The van der Waals surface area contributed by atoms with Crippen molar-refractivity contribution in [2.45, 2.75) is 58.7 Å². The zero-order valence-corrected chi connectivity index (χ0v) is 13.2. The number of nitrogens with zero attached hydrogens (tertiary/aromatic N) is 4. The van der Waals surface area contributed by atoms with E-state index in [4.69, 9.17) is 0 Å². The average molecular weight is 290 g/mol.